The quantitative estimate of drug-likeness (QED) is 0.636. The molecule has 2 aromatic rings. The van der Waals surface area contributed by atoms with Crippen molar-refractivity contribution in [1.82, 2.24) is 14.9 Å². The van der Waals surface area contributed by atoms with E-state index in [1.807, 2.05) is 42.8 Å². The highest BCUT2D eigenvalue weighted by Gasteiger charge is 2.08. The van der Waals surface area contributed by atoms with Crippen LogP contribution in [0, 0.1) is 0 Å². The van der Waals surface area contributed by atoms with Gasteiger partial charge in [-0.3, -0.25) is 4.79 Å². The molecule has 0 bridgehead atoms. The van der Waals surface area contributed by atoms with Gasteiger partial charge in [-0.05, 0) is 44.4 Å². The normalized spacial score (nSPS) is 10.5. The van der Waals surface area contributed by atoms with Gasteiger partial charge in [0.1, 0.15) is 0 Å². The summed E-state index contributed by atoms with van der Waals surface area (Å²) in [6.45, 7) is 6.60. The van der Waals surface area contributed by atoms with Gasteiger partial charge in [0.05, 0.1) is 19.5 Å². The van der Waals surface area contributed by atoms with Crippen molar-refractivity contribution in [3.63, 3.8) is 0 Å². The topological polar surface area (TPSA) is 65.4 Å². The number of rotatable bonds is 11. The molecule has 0 unspecified atom stereocenters. The first-order valence-electron chi connectivity index (χ1n) is 8.83. The van der Waals surface area contributed by atoms with Crippen LogP contribution in [0.2, 0.25) is 0 Å². The average molecular weight is 345 g/mol. The zero-order valence-electron chi connectivity index (χ0n) is 15.0. The number of aromatic nitrogens is 2. The number of carbonyl (C=O) groups excluding carboxylic acids is 1. The zero-order valence-corrected chi connectivity index (χ0v) is 15.0. The van der Waals surface area contributed by atoms with Crippen molar-refractivity contribution in [3.05, 3.63) is 42.5 Å². The van der Waals surface area contributed by atoms with E-state index in [2.05, 4.69) is 10.3 Å². The summed E-state index contributed by atoms with van der Waals surface area (Å²) in [6, 6.07) is 5.85. The van der Waals surface area contributed by atoms with E-state index in [1.54, 1.807) is 12.5 Å². The van der Waals surface area contributed by atoms with Crippen molar-refractivity contribution >= 4 is 5.91 Å². The first-order valence-corrected chi connectivity index (χ1v) is 8.83. The highest BCUT2D eigenvalue weighted by atomic mass is 16.5. The highest BCUT2D eigenvalue weighted by molar-refractivity contribution is 5.76. The lowest BCUT2D eigenvalue weighted by Gasteiger charge is -2.12. The van der Waals surface area contributed by atoms with E-state index >= 15 is 0 Å². The molecule has 1 N–H and O–H groups in total. The molecule has 6 nitrogen and oxygen atoms in total. The molecular formula is C19H27N3O3. The molecule has 2 rings (SSSR count). The van der Waals surface area contributed by atoms with Crippen LogP contribution in [0.4, 0.5) is 0 Å². The summed E-state index contributed by atoms with van der Waals surface area (Å²) >= 11 is 0. The van der Waals surface area contributed by atoms with Crippen LogP contribution in [0.25, 0.3) is 0 Å². The van der Waals surface area contributed by atoms with Gasteiger partial charge in [0.2, 0.25) is 5.91 Å². The Morgan fingerprint density at radius 3 is 2.72 bits per heavy atom. The molecule has 25 heavy (non-hydrogen) atoms. The van der Waals surface area contributed by atoms with E-state index in [9.17, 15) is 4.79 Å². The van der Waals surface area contributed by atoms with E-state index in [0.29, 0.717) is 32.6 Å². The summed E-state index contributed by atoms with van der Waals surface area (Å²) in [6.07, 6.45) is 7.49. The molecule has 0 fully saturated rings. The Balaban J connectivity index is 1.73. The van der Waals surface area contributed by atoms with Crippen LogP contribution in [0.3, 0.4) is 0 Å². The molecule has 0 saturated heterocycles. The molecule has 0 saturated carbocycles. The summed E-state index contributed by atoms with van der Waals surface area (Å²) in [5, 5.41) is 2.96. The molecule has 0 aliphatic heterocycles. The van der Waals surface area contributed by atoms with Crippen molar-refractivity contribution in [2.45, 2.75) is 39.7 Å². The van der Waals surface area contributed by atoms with Crippen molar-refractivity contribution < 1.29 is 14.3 Å². The second kappa shape index (κ2) is 10.4. The number of imidazole rings is 1. The van der Waals surface area contributed by atoms with E-state index in [4.69, 9.17) is 9.47 Å². The highest BCUT2D eigenvalue weighted by Crippen LogP contribution is 2.28. The van der Waals surface area contributed by atoms with Crippen LogP contribution in [-0.2, 0) is 17.8 Å². The molecule has 0 atom stereocenters. The maximum atomic E-state index is 12.0. The Morgan fingerprint density at radius 2 is 2.00 bits per heavy atom. The molecule has 136 valence electrons. The molecule has 0 aliphatic rings. The van der Waals surface area contributed by atoms with Crippen molar-refractivity contribution in [2.24, 2.45) is 0 Å². The van der Waals surface area contributed by atoms with E-state index in [-0.39, 0.29) is 5.91 Å². The van der Waals surface area contributed by atoms with Gasteiger partial charge in [-0.15, -0.1) is 0 Å². The van der Waals surface area contributed by atoms with Crippen LogP contribution >= 0.6 is 0 Å². The van der Waals surface area contributed by atoms with Crippen LogP contribution in [0.15, 0.2) is 36.9 Å². The maximum Gasteiger partial charge on any atom is 0.220 e. The van der Waals surface area contributed by atoms with Gasteiger partial charge >= 0.3 is 0 Å². The first kappa shape index (κ1) is 18.8. The monoisotopic (exact) mass is 345 g/mol. The number of hydrogen-bond donors (Lipinski definition) is 1. The lowest BCUT2D eigenvalue weighted by molar-refractivity contribution is -0.121. The van der Waals surface area contributed by atoms with Gasteiger partial charge in [0, 0.05) is 31.9 Å². The van der Waals surface area contributed by atoms with Gasteiger partial charge in [0.25, 0.3) is 0 Å². The second-order valence-electron chi connectivity index (χ2n) is 5.65. The van der Waals surface area contributed by atoms with Crippen LogP contribution in [-0.4, -0.2) is 35.2 Å². The predicted molar refractivity (Wildman–Crippen MR) is 97.0 cm³/mol. The fourth-order valence-corrected chi connectivity index (χ4v) is 2.51. The number of ether oxygens (including phenoxy) is 2. The molecule has 1 amide bonds. The molecule has 0 aliphatic carbocycles. The lowest BCUT2D eigenvalue weighted by atomic mass is 10.1. The molecular weight excluding hydrogens is 318 g/mol. The molecule has 1 heterocycles. The predicted octanol–water partition coefficient (Wildman–Crippen LogP) is 2.82. The van der Waals surface area contributed by atoms with E-state index in [1.165, 1.54) is 0 Å². The number of aryl methyl sites for hydroxylation is 2. The summed E-state index contributed by atoms with van der Waals surface area (Å²) in [4.78, 5) is 16.0. The zero-order chi connectivity index (χ0) is 17.9. The third-order valence-electron chi connectivity index (χ3n) is 3.72. The third kappa shape index (κ3) is 6.49. The van der Waals surface area contributed by atoms with Crippen molar-refractivity contribution in [2.75, 3.05) is 19.8 Å². The minimum atomic E-state index is 0.0671. The molecule has 0 radical (unpaired) electrons. The largest absolute Gasteiger partial charge is 0.490 e. The van der Waals surface area contributed by atoms with E-state index in [0.717, 1.165) is 30.0 Å². The summed E-state index contributed by atoms with van der Waals surface area (Å²) < 4.78 is 13.2. The van der Waals surface area contributed by atoms with Crippen LogP contribution in [0.1, 0.15) is 32.3 Å². The number of benzene rings is 1. The fourth-order valence-electron chi connectivity index (χ4n) is 2.51. The number of hydrogen-bond acceptors (Lipinski definition) is 4. The molecule has 1 aromatic carbocycles. The van der Waals surface area contributed by atoms with Crippen LogP contribution < -0.4 is 14.8 Å². The summed E-state index contributed by atoms with van der Waals surface area (Å²) in [5.41, 5.74) is 1.07. The lowest BCUT2D eigenvalue weighted by Crippen LogP contribution is -2.25. The van der Waals surface area contributed by atoms with Gasteiger partial charge in [0.15, 0.2) is 11.5 Å². The van der Waals surface area contributed by atoms with Crippen molar-refractivity contribution in [3.8, 4) is 11.5 Å². The van der Waals surface area contributed by atoms with Crippen LogP contribution in [0.5, 0.6) is 11.5 Å². The van der Waals surface area contributed by atoms with Gasteiger partial charge < -0.3 is 19.4 Å². The minimum Gasteiger partial charge on any atom is -0.490 e. The Labute approximate surface area is 149 Å². The van der Waals surface area contributed by atoms with Gasteiger partial charge in [-0.2, -0.15) is 0 Å². The van der Waals surface area contributed by atoms with Gasteiger partial charge in [-0.1, -0.05) is 6.07 Å². The summed E-state index contributed by atoms with van der Waals surface area (Å²) in [5.74, 6) is 1.55. The Hall–Kier alpha value is -2.50. The Bertz CT molecular complexity index is 641. The standard InChI is InChI=1S/C19H27N3O3/c1-3-24-17-8-6-16(14-18(17)25-4-2)7-9-19(23)21-10-5-12-22-13-11-20-15-22/h6,8,11,13-15H,3-5,7,9-10,12H2,1-2H3,(H,21,23). The molecule has 0 spiro atoms. The fraction of sp³-hybridized carbons (Fsp3) is 0.474. The number of nitrogens with zero attached hydrogens (tertiary/aromatic N) is 2. The smallest absolute Gasteiger partial charge is 0.220 e. The SMILES string of the molecule is CCOc1ccc(CCC(=O)NCCCn2ccnc2)cc1OCC. The number of nitrogens with one attached hydrogen (secondary N) is 1. The number of carbonyl (C=O) groups is 1. The molecule has 1 aromatic heterocycles. The Morgan fingerprint density at radius 1 is 1.20 bits per heavy atom. The van der Waals surface area contributed by atoms with Crippen molar-refractivity contribution in [1.29, 1.82) is 0 Å². The van der Waals surface area contributed by atoms with Gasteiger partial charge in [-0.25, -0.2) is 4.98 Å². The molecule has 6 heteroatoms. The summed E-state index contributed by atoms with van der Waals surface area (Å²) in [7, 11) is 0. The average Bonchev–Trinajstić information content (AvgIpc) is 3.13. The Kier molecular flexibility index (Phi) is 7.82. The van der Waals surface area contributed by atoms with E-state index < -0.39 is 0 Å². The minimum absolute atomic E-state index is 0.0671. The maximum absolute atomic E-state index is 12.0. The number of amides is 1. The third-order valence-corrected chi connectivity index (χ3v) is 3.72. The first-order chi connectivity index (χ1) is 12.2. The second-order valence-corrected chi connectivity index (χ2v) is 5.65.